The molecule has 20 heavy (non-hydrogen) atoms. The number of carbonyl (C=O) groups excluding carboxylic acids is 1. The van der Waals surface area contributed by atoms with E-state index in [-0.39, 0.29) is 6.03 Å². The van der Waals surface area contributed by atoms with E-state index in [1.165, 1.54) is 0 Å². The minimum absolute atomic E-state index is 0.203. The molecule has 1 aromatic carbocycles. The highest BCUT2D eigenvalue weighted by molar-refractivity contribution is 9.11. The van der Waals surface area contributed by atoms with Gasteiger partial charge in [-0.2, -0.15) is 0 Å². The van der Waals surface area contributed by atoms with E-state index in [2.05, 4.69) is 21.2 Å². The zero-order valence-electron chi connectivity index (χ0n) is 10.5. The molecule has 7 heteroatoms. The average Bonchev–Trinajstić information content (AvgIpc) is 2.79. The number of nitrogens with zero attached hydrogens (tertiary/aromatic N) is 1. The van der Waals surface area contributed by atoms with Crippen molar-refractivity contribution in [1.82, 2.24) is 4.90 Å². The second kappa shape index (κ2) is 6.80. The molecule has 0 saturated carbocycles. The molecule has 0 fully saturated rings. The van der Waals surface area contributed by atoms with Gasteiger partial charge in [-0.15, -0.1) is 11.3 Å². The lowest BCUT2D eigenvalue weighted by atomic mass is 10.3. The van der Waals surface area contributed by atoms with Crippen molar-refractivity contribution in [3.8, 4) is 0 Å². The van der Waals surface area contributed by atoms with Gasteiger partial charge >= 0.3 is 6.03 Å². The Balaban J connectivity index is 1.98. The minimum Gasteiger partial charge on any atom is -0.323 e. The van der Waals surface area contributed by atoms with Crippen LogP contribution in [0.4, 0.5) is 10.5 Å². The Morgan fingerprint density at radius 1 is 1.35 bits per heavy atom. The number of halogens is 3. The lowest BCUT2D eigenvalue weighted by molar-refractivity contribution is 0.221. The van der Waals surface area contributed by atoms with Crippen LogP contribution in [0, 0.1) is 0 Å². The number of benzene rings is 1. The van der Waals surface area contributed by atoms with E-state index in [4.69, 9.17) is 23.2 Å². The zero-order valence-corrected chi connectivity index (χ0v) is 14.4. The van der Waals surface area contributed by atoms with Gasteiger partial charge < -0.3 is 10.2 Å². The molecule has 106 valence electrons. The van der Waals surface area contributed by atoms with Crippen LogP contribution < -0.4 is 5.32 Å². The molecule has 0 aliphatic rings. The summed E-state index contributed by atoms with van der Waals surface area (Å²) in [5.74, 6) is 0. The molecular weight excluding hydrogens is 383 g/mol. The number of thiophene rings is 1. The van der Waals surface area contributed by atoms with Crippen molar-refractivity contribution in [1.29, 1.82) is 0 Å². The second-order valence-corrected chi connectivity index (χ2v) is 7.28. The molecule has 3 nitrogen and oxygen atoms in total. The highest BCUT2D eigenvalue weighted by Gasteiger charge is 2.11. The Kier molecular flexibility index (Phi) is 5.32. The maximum atomic E-state index is 12.1. The van der Waals surface area contributed by atoms with Gasteiger partial charge in [0.15, 0.2) is 0 Å². The molecule has 0 aliphatic carbocycles. The summed E-state index contributed by atoms with van der Waals surface area (Å²) in [6.45, 7) is 0.537. The monoisotopic (exact) mass is 392 g/mol. The first-order valence-corrected chi connectivity index (χ1v) is 8.08. The molecule has 0 spiro atoms. The fourth-order valence-electron chi connectivity index (χ4n) is 1.57. The van der Waals surface area contributed by atoms with Gasteiger partial charge in [0.05, 0.1) is 13.8 Å². The average molecular weight is 394 g/mol. The maximum absolute atomic E-state index is 12.1. The van der Waals surface area contributed by atoms with E-state index in [9.17, 15) is 4.79 Å². The van der Waals surface area contributed by atoms with E-state index in [1.807, 2.05) is 11.4 Å². The Bertz CT molecular complexity index is 633. The summed E-state index contributed by atoms with van der Waals surface area (Å²) in [6, 6.07) is 6.77. The lowest BCUT2D eigenvalue weighted by Crippen LogP contribution is -2.30. The Hall–Kier alpha value is -0.750. The van der Waals surface area contributed by atoms with Crippen molar-refractivity contribution in [2.45, 2.75) is 6.54 Å². The topological polar surface area (TPSA) is 32.3 Å². The van der Waals surface area contributed by atoms with Crippen LogP contribution in [0.2, 0.25) is 10.0 Å². The van der Waals surface area contributed by atoms with E-state index >= 15 is 0 Å². The molecule has 2 aromatic rings. The summed E-state index contributed by atoms with van der Waals surface area (Å²) in [5, 5.41) is 5.65. The molecular formula is C13H11BrCl2N2OS. The summed E-state index contributed by atoms with van der Waals surface area (Å²) in [5.41, 5.74) is 1.69. The second-order valence-electron chi connectivity index (χ2n) is 4.17. The van der Waals surface area contributed by atoms with Crippen LogP contribution in [0.15, 0.2) is 33.4 Å². The molecule has 2 amide bonds. The van der Waals surface area contributed by atoms with Gasteiger partial charge in [-0.05, 0) is 51.1 Å². The van der Waals surface area contributed by atoms with E-state index < -0.39 is 0 Å². The molecule has 1 aromatic heterocycles. The predicted molar refractivity (Wildman–Crippen MR) is 89.0 cm³/mol. The highest BCUT2D eigenvalue weighted by Crippen LogP contribution is 2.25. The van der Waals surface area contributed by atoms with Crippen molar-refractivity contribution < 1.29 is 4.79 Å². The van der Waals surface area contributed by atoms with E-state index in [0.29, 0.717) is 22.3 Å². The summed E-state index contributed by atoms with van der Waals surface area (Å²) in [6.07, 6.45) is 0. The number of rotatable bonds is 3. The molecule has 0 saturated heterocycles. The molecule has 0 radical (unpaired) electrons. The number of anilines is 1. The van der Waals surface area contributed by atoms with Crippen LogP contribution in [0.25, 0.3) is 0 Å². The number of hydrogen-bond donors (Lipinski definition) is 1. The molecule has 0 atom stereocenters. The summed E-state index contributed by atoms with van der Waals surface area (Å²) < 4.78 is 1.05. The number of urea groups is 1. The predicted octanol–water partition coefficient (Wildman–Crippen LogP) is 5.48. The van der Waals surface area contributed by atoms with Crippen molar-refractivity contribution >= 4 is 62.2 Å². The fourth-order valence-corrected chi connectivity index (χ4v) is 3.07. The molecule has 0 bridgehead atoms. The van der Waals surface area contributed by atoms with E-state index in [1.54, 1.807) is 41.5 Å². The highest BCUT2D eigenvalue weighted by atomic mass is 79.9. The Morgan fingerprint density at radius 2 is 2.10 bits per heavy atom. The first-order chi connectivity index (χ1) is 9.45. The lowest BCUT2D eigenvalue weighted by Gasteiger charge is -2.17. The van der Waals surface area contributed by atoms with Gasteiger partial charge in [-0.3, -0.25) is 0 Å². The third kappa shape index (κ3) is 4.12. The van der Waals surface area contributed by atoms with E-state index in [0.717, 1.165) is 9.35 Å². The van der Waals surface area contributed by atoms with Gasteiger partial charge in [0, 0.05) is 19.3 Å². The number of carbonyl (C=O) groups is 1. The minimum atomic E-state index is -0.203. The van der Waals surface area contributed by atoms with Crippen LogP contribution in [-0.2, 0) is 6.54 Å². The summed E-state index contributed by atoms with van der Waals surface area (Å²) in [4.78, 5) is 13.6. The van der Waals surface area contributed by atoms with Crippen LogP contribution in [0.1, 0.15) is 5.56 Å². The number of hydrogen-bond acceptors (Lipinski definition) is 2. The standard InChI is InChI=1S/C13H11BrCl2N2OS/c1-18(6-8-4-12(14)20-7-8)13(19)17-9-2-3-10(15)11(16)5-9/h2-5,7H,6H2,1H3,(H,17,19). The van der Waals surface area contributed by atoms with Crippen molar-refractivity contribution in [3.63, 3.8) is 0 Å². The first kappa shape index (κ1) is 15.6. The number of amides is 2. The third-order valence-corrected chi connectivity index (χ3v) is 4.85. The maximum Gasteiger partial charge on any atom is 0.321 e. The van der Waals surface area contributed by atoms with Crippen LogP contribution in [0.3, 0.4) is 0 Å². The fraction of sp³-hybridized carbons (Fsp3) is 0.154. The molecule has 1 heterocycles. The Morgan fingerprint density at radius 3 is 2.70 bits per heavy atom. The van der Waals surface area contributed by atoms with Gasteiger partial charge in [0.25, 0.3) is 0 Å². The van der Waals surface area contributed by atoms with Gasteiger partial charge in [0.2, 0.25) is 0 Å². The summed E-state index contributed by atoms with van der Waals surface area (Å²) >= 11 is 16.7. The van der Waals surface area contributed by atoms with Crippen molar-refractivity contribution in [2.75, 3.05) is 12.4 Å². The zero-order chi connectivity index (χ0) is 14.7. The van der Waals surface area contributed by atoms with Crippen molar-refractivity contribution in [2.24, 2.45) is 0 Å². The third-order valence-electron chi connectivity index (χ3n) is 2.56. The number of nitrogens with one attached hydrogen (secondary N) is 1. The van der Waals surface area contributed by atoms with Crippen LogP contribution >= 0.6 is 50.5 Å². The molecule has 0 aliphatic heterocycles. The first-order valence-electron chi connectivity index (χ1n) is 5.66. The quantitative estimate of drug-likeness (QED) is 0.735. The molecule has 0 unspecified atom stereocenters. The molecule has 1 N–H and O–H groups in total. The summed E-state index contributed by atoms with van der Waals surface area (Å²) in [7, 11) is 1.73. The normalized spacial score (nSPS) is 10.4. The van der Waals surface area contributed by atoms with Crippen LogP contribution in [-0.4, -0.2) is 18.0 Å². The van der Waals surface area contributed by atoms with Gasteiger partial charge in [-0.1, -0.05) is 23.2 Å². The Labute approximate surface area is 139 Å². The van der Waals surface area contributed by atoms with Gasteiger partial charge in [0.1, 0.15) is 0 Å². The van der Waals surface area contributed by atoms with Crippen LogP contribution in [0.5, 0.6) is 0 Å². The van der Waals surface area contributed by atoms with Gasteiger partial charge in [-0.25, -0.2) is 4.79 Å². The largest absolute Gasteiger partial charge is 0.323 e. The molecule has 2 rings (SSSR count). The SMILES string of the molecule is CN(Cc1csc(Br)c1)C(=O)Nc1ccc(Cl)c(Cl)c1. The smallest absolute Gasteiger partial charge is 0.321 e. The van der Waals surface area contributed by atoms with Crippen molar-refractivity contribution in [3.05, 3.63) is 49.0 Å².